The van der Waals surface area contributed by atoms with Crippen molar-refractivity contribution >= 4 is 27.3 Å². The third-order valence-electron chi connectivity index (χ3n) is 3.24. The average molecular weight is 326 g/mol. The number of halogens is 1. The van der Waals surface area contributed by atoms with E-state index in [-0.39, 0.29) is 0 Å². The summed E-state index contributed by atoms with van der Waals surface area (Å²) < 4.78 is 6.74. The fraction of sp³-hybridized carbons (Fsp3) is 0.357. The molecule has 0 aliphatic heterocycles. The van der Waals surface area contributed by atoms with Crippen molar-refractivity contribution in [2.45, 2.75) is 27.7 Å². The Morgan fingerprint density at radius 2 is 1.78 bits per heavy atom. The predicted molar refractivity (Wildman–Crippen MR) is 80.8 cm³/mol. The van der Waals surface area contributed by atoms with Crippen molar-refractivity contribution < 1.29 is 4.74 Å². The number of thiazole rings is 1. The second kappa shape index (κ2) is 5.02. The molecule has 0 atom stereocenters. The van der Waals surface area contributed by atoms with Crippen LogP contribution in [0.1, 0.15) is 21.7 Å². The molecule has 0 amide bonds. The largest absolute Gasteiger partial charge is 0.496 e. The Balaban J connectivity index is 2.81. The third kappa shape index (κ3) is 2.08. The molecule has 0 N–H and O–H groups in total. The maximum absolute atomic E-state index is 5.60. The summed E-state index contributed by atoms with van der Waals surface area (Å²) in [4.78, 5) is 4.58. The van der Waals surface area contributed by atoms with Gasteiger partial charge in [0.1, 0.15) is 5.75 Å². The molecule has 18 heavy (non-hydrogen) atoms. The molecule has 0 radical (unpaired) electrons. The van der Waals surface area contributed by atoms with E-state index in [2.05, 4.69) is 47.1 Å². The van der Waals surface area contributed by atoms with Crippen LogP contribution in [0.3, 0.4) is 0 Å². The number of hydrogen-bond acceptors (Lipinski definition) is 3. The Hall–Kier alpha value is -0.870. The van der Waals surface area contributed by atoms with Crippen LogP contribution in [0.25, 0.3) is 11.3 Å². The van der Waals surface area contributed by atoms with Crippen molar-refractivity contribution in [3.8, 4) is 17.0 Å². The minimum absolute atomic E-state index is 0.929. The third-order valence-corrected chi connectivity index (χ3v) is 5.21. The van der Waals surface area contributed by atoms with Crippen LogP contribution in [-0.2, 0) is 0 Å². The van der Waals surface area contributed by atoms with Crippen LogP contribution in [0.2, 0.25) is 0 Å². The van der Waals surface area contributed by atoms with E-state index in [1.165, 1.54) is 11.1 Å². The van der Waals surface area contributed by atoms with Crippen LogP contribution in [0.4, 0.5) is 0 Å². The molecule has 2 aromatic rings. The molecule has 1 aromatic carbocycles. The molecule has 1 heterocycles. The van der Waals surface area contributed by atoms with Crippen molar-refractivity contribution in [2.24, 2.45) is 0 Å². The lowest BCUT2D eigenvalue weighted by atomic mass is 9.97. The summed E-state index contributed by atoms with van der Waals surface area (Å²) in [7, 11) is 1.72. The first kappa shape index (κ1) is 13.6. The zero-order valence-corrected chi connectivity index (χ0v) is 13.6. The van der Waals surface area contributed by atoms with Crippen LogP contribution in [0, 0.1) is 27.7 Å². The van der Waals surface area contributed by atoms with Gasteiger partial charge in [0.2, 0.25) is 0 Å². The van der Waals surface area contributed by atoms with Crippen molar-refractivity contribution in [3.63, 3.8) is 0 Å². The van der Waals surface area contributed by atoms with Gasteiger partial charge in [0.05, 0.1) is 17.8 Å². The van der Waals surface area contributed by atoms with E-state index in [9.17, 15) is 0 Å². The summed E-state index contributed by atoms with van der Waals surface area (Å²) in [5.74, 6) is 0.929. The molecule has 96 valence electrons. The number of ether oxygens (including phenoxy) is 1. The SMILES string of the molecule is COc1c(C)c(C)c(Br)c(C)c1-c1csc(C)n1. The molecule has 0 saturated carbocycles. The molecule has 4 heteroatoms. The number of benzene rings is 1. The van der Waals surface area contributed by atoms with Gasteiger partial charge in [0, 0.05) is 15.4 Å². The minimum atomic E-state index is 0.929. The van der Waals surface area contributed by atoms with Gasteiger partial charge in [-0.2, -0.15) is 0 Å². The molecule has 0 spiro atoms. The number of rotatable bonds is 2. The van der Waals surface area contributed by atoms with E-state index in [0.29, 0.717) is 0 Å². The lowest BCUT2D eigenvalue weighted by Crippen LogP contribution is -1.99. The Bertz CT molecular complexity index is 604. The number of hydrogen-bond donors (Lipinski definition) is 0. The standard InChI is InChI=1S/C14H16BrNOS/c1-7-8(2)14(17-5)12(9(3)13(7)15)11-6-18-10(4)16-11/h6H,1-5H3. The van der Waals surface area contributed by atoms with Crippen LogP contribution < -0.4 is 4.74 Å². The fourth-order valence-corrected chi connectivity index (χ4v) is 3.22. The van der Waals surface area contributed by atoms with Crippen molar-refractivity contribution in [1.29, 1.82) is 0 Å². The van der Waals surface area contributed by atoms with Gasteiger partial charge in [0.15, 0.2) is 0 Å². The first-order valence-electron chi connectivity index (χ1n) is 5.73. The normalized spacial score (nSPS) is 10.8. The molecular formula is C14H16BrNOS. The van der Waals surface area contributed by atoms with Gasteiger partial charge in [-0.3, -0.25) is 0 Å². The van der Waals surface area contributed by atoms with Crippen LogP contribution >= 0.6 is 27.3 Å². The Labute approximate surface area is 120 Å². The summed E-state index contributed by atoms with van der Waals surface area (Å²) in [6.45, 7) is 8.31. The van der Waals surface area contributed by atoms with E-state index >= 15 is 0 Å². The lowest BCUT2D eigenvalue weighted by molar-refractivity contribution is 0.412. The smallest absolute Gasteiger partial charge is 0.131 e. The summed E-state index contributed by atoms with van der Waals surface area (Å²) >= 11 is 5.33. The molecule has 2 rings (SSSR count). The molecule has 1 aromatic heterocycles. The minimum Gasteiger partial charge on any atom is -0.496 e. The highest BCUT2D eigenvalue weighted by Crippen LogP contribution is 2.42. The molecule has 0 fully saturated rings. The Morgan fingerprint density at radius 3 is 2.28 bits per heavy atom. The van der Waals surface area contributed by atoms with Crippen molar-refractivity contribution in [3.05, 3.63) is 31.6 Å². The van der Waals surface area contributed by atoms with E-state index in [1.54, 1.807) is 18.4 Å². The predicted octanol–water partition coefficient (Wildman–Crippen LogP) is 4.81. The van der Waals surface area contributed by atoms with Crippen molar-refractivity contribution in [1.82, 2.24) is 4.98 Å². The van der Waals surface area contributed by atoms with Gasteiger partial charge >= 0.3 is 0 Å². The summed E-state index contributed by atoms with van der Waals surface area (Å²) in [5.41, 5.74) is 5.66. The number of methoxy groups -OCH3 is 1. The highest BCUT2D eigenvalue weighted by atomic mass is 79.9. The zero-order chi connectivity index (χ0) is 13.4. The molecule has 2 nitrogen and oxygen atoms in total. The molecule has 0 bridgehead atoms. The van der Waals surface area contributed by atoms with Gasteiger partial charge in [-0.25, -0.2) is 4.98 Å². The van der Waals surface area contributed by atoms with E-state index < -0.39 is 0 Å². The topological polar surface area (TPSA) is 22.1 Å². The first-order chi connectivity index (χ1) is 8.47. The van der Waals surface area contributed by atoms with Crippen LogP contribution in [0.15, 0.2) is 9.85 Å². The Kier molecular flexibility index (Phi) is 3.78. The summed E-state index contributed by atoms with van der Waals surface area (Å²) in [5, 5.41) is 3.15. The average Bonchev–Trinajstić information content (AvgIpc) is 2.77. The maximum atomic E-state index is 5.60. The van der Waals surface area contributed by atoms with Crippen LogP contribution in [-0.4, -0.2) is 12.1 Å². The maximum Gasteiger partial charge on any atom is 0.131 e. The first-order valence-corrected chi connectivity index (χ1v) is 7.40. The number of nitrogens with zero attached hydrogens (tertiary/aromatic N) is 1. The van der Waals surface area contributed by atoms with Gasteiger partial charge < -0.3 is 4.74 Å². The molecule has 0 unspecified atom stereocenters. The number of aromatic nitrogens is 1. The van der Waals surface area contributed by atoms with Gasteiger partial charge in [-0.1, -0.05) is 15.9 Å². The summed E-state index contributed by atoms with van der Waals surface area (Å²) in [6, 6.07) is 0. The molecular weight excluding hydrogens is 310 g/mol. The molecule has 0 aliphatic carbocycles. The second-order valence-corrected chi connectivity index (χ2v) is 6.20. The van der Waals surface area contributed by atoms with E-state index in [0.717, 1.165) is 32.1 Å². The van der Waals surface area contributed by atoms with Crippen molar-refractivity contribution in [2.75, 3.05) is 7.11 Å². The quantitative estimate of drug-likeness (QED) is 0.790. The van der Waals surface area contributed by atoms with Gasteiger partial charge in [0.25, 0.3) is 0 Å². The Morgan fingerprint density at radius 1 is 1.11 bits per heavy atom. The van der Waals surface area contributed by atoms with Gasteiger partial charge in [-0.05, 0) is 44.4 Å². The fourth-order valence-electron chi connectivity index (χ4n) is 2.13. The zero-order valence-electron chi connectivity index (χ0n) is 11.2. The molecule has 0 aliphatic rings. The second-order valence-electron chi connectivity index (χ2n) is 4.35. The van der Waals surface area contributed by atoms with Crippen LogP contribution in [0.5, 0.6) is 5.75 Å². The van der Waals surface area contributed by atoms with E-state index in [4.69, 9.17) is 4.74 Å². The number of aryl methyl sites for hydroxylation is 1. The highest BCUT2D eigenvalue weighted by Gasteiger charge is 2.19. The highest BCUT2D eigenvalue weighted by molar-refractivity contribution is 9.10. The molecule has 0 saturated heterocycles. The van der Waals surface area contributed by atoms with Gasteiger partial charge in [-0.15, -0.1) is 11.3 Å². The summed E-state index contributed by atoms with van der Waals surface area (Å²) in [6.07, 6.45) is 0. The lowest BCUT2D eigenvalue weighted by Gasteiger charge is -2.17. The monoisotopic (exact) mass is 325 g/mol. The van der Waals surface area contributed by atoms with E-state index in [1.807, 2.05) is 6.92 Å².